The summed E-state index contributed by atoms with van der Waals surface area (Å²) in [5.41, 5.74) is 0.0955. The van der Waals surface area contributed by atoms with Crippen LogP contribution in [0, 0.1) is 24.5 Å². The lowest BCUT2D eigenvalue weighted by atomic mass is 10.00. The fraction of sp³-hybridized carbons (Fsp3) is 0.571. The molecule has 1 aromatic carbocycles. The molecule has 2 rings (SSSR count). The van der Waals surface area contributed by atoms with Crippen LogP contribution >= 0.6 is 0 Å². The van der Waals surface area contributed by atoms with Gasteiger partial charge in [0.25, 0.3) is 0 Å². The molecule has 1 fully saturated rings. The van der Waals surface area contributed by atoms with Gasteiger partial charge >= 0.3 is 0 Å². The van der Waals surface area contributed by atoms with E-state index in [9.17, 15) is 17.2 Å². The number of nitrogens with one attached hydrogen (secondary N) is 1. The molecule has 4 nitrogen and oxygen atoms in total. The van der Waals surface area contributed by atoms with Crippen LogP contribution in [0.3, 0.4) is 0 Å². The fourth-order valence-corrected chi connectivity index (χ4v) is 4.28. The first-order valence-electron chi connectivity index (χ1n) is 6.96. The van der Waals surface area contributed by atoms with E-state index in [-0.39, 0.29) is 11.5 Å². The highest BCUT2D eigenvalue weighted by Crippen LogP contribution is 2.26. The number of rotatable bonds is 4. The topological polar surface area (TPSA) is 49.4 Å². The minimum absolute atomic E-state index is 0.0955. The molecule has 21 heavy (non-hydrogen) atoms. The lowest BCUT2D eigenvalue weighted by Gasteiger charge is -2.32. The second-order valence-electron chi connectivity index (χ2n) is 5.46. The molecule has 7 heteroatoms. The number of nitrogens with zero attached hydrogens (tertiary/aromatic N) is 1. The van der Waals surface area contributed by atoms with Gasteiger partial charge in [-0.05, 0) is 57.0 Å². The maximum Gasteiger partial charge on any atom is 0.246 e. The smallest absolute Gasteiger partial charge is 0.246 e. The molecule has 118 valence electrons. The molecule has 1 saturated heterocycles. The zero-order valence-electron chi connectivity index (χ0n) is 12.2. The first-order chi connectivity index (χ1) is 9.86. The monoisotopic (exact) mass is 318 g/mol. The van der Waals surface area contributed by atoms with Gasteiger partial charge in [0.05, 0.1) is 0 Å². The number of piperidine rings is 1. The van der Waals surface area contributed by atoms with Gasteiger partial charge in [0.15, 0.2) is 0 Å². The largest absolute Gasteiger partial charge is 0.319 e. The van der Waals surface area contributed by atoms with E-state index in [0.29, 0.717) is 19.6 Å². The van der Waals surface area contributed by atoms with Gasteiger partial charge in [-0.25, -0.2) is 17.2 Å². The highest BCUT2D eigenvalue weighted by Gasteiger charge is 2.32. The molecule has 0 bridgehead atoms. The Kier molecular flexibility index (Phi) is 4.95. The van der Waals surface area contributed by atoms with Crippen molar-refractivity contribution in [1.29, 1.82) is 0 Å². The predicted octanol–water partition coefficient (Wildman–Crippen LogP) is 1.89. The molecule has 0 aromatic heterocycles. The molecular weight excluding hydrogens is 298 g/mol. The van der Waals surface area contributed by atoms with E-state index >= 15 is 0 Å². The zero-order chi connectivity index (χ0) is 15.6. The Morgan fingerprint density at radius 2 is 2.05 bits per heavy atom. The van der Waals surface area contributed by atoms with Crippen molar-refractivity contribution in [1.82, 2.24) is 9.62 Å². The predicted molar refractivity (Wildman–Crippen MR) is 76.5 cm³/mol. The van der Waals surface area contributed by atoms with Gasteiger partial charge < -0.3 is 5.32 Å². The Balaban J connectivity index is 2.31. The summed E-state index contributed by atoms with van der Waals surface area (Å²) in [5.74, 6) is -1.42. The molecule has 1 aliphatic rings. The summed E-state index contributed by atoms with van der Waals surface area (Å²) in [6, 6.07) is 1.71. The Bertz CT molecular complexity index is 618. The quantitative estimate of drug-likeness (QED) is 0.922. The molecule has 0 radical (unpaired) electrons. The van der Waals surface area contributed by atoms with Crippen molar-refractivity contribution in [3.63, 3.8) is 0 Å². The molecular formula is C14H20F2N2O2S. The number of hydrogen-bond acceptors (Lipinski definition) is 3. The molecule has 0 amide bonds. The fourth-order valence-electron chi connectivity index (χ4n) is 2.67. The van der Waals surface area contributed by atoms with Gasteiger partial charge in [0.1, 0.15) is 16.5 Å². The van der Waals surface area contributed by atoms with Crippen molar-refractivity contribution < 1.29 is 17.2 Å². The maximum atomic E-state index is 13.9. The van der Waals surface area contributed by atoms with E-state index in [2.05, 4.69) is 5.32 Å². The average molecular weight is 318 g/mol. The summed E-state index contributed by atoms with van der Waals surface area (Å²) in [5, 5.41) is 3.02. The van der Waals surface area contributed by atoms with E-state index in [1.807, 2.05) is 7.05 Å². The van der Waals surface area contributed by atoms with Crippen molar-refractivity contribution in [2.75, 3.05) is 26.7 Å². The number of aryl methyl sites for hydroxylation is 1. The van der Waals surface area contributed by atoms with Gasteiger partial charge in [0, 0.05) is 13.1 Å². The maximum absolute atomic E-state index is 13.9. The van der Waals surface area contributed by atoms with Crippen LogP contribution in [0.1, 0.15) is 18.4 Å². The van der Waals surface area contributed by atoms with E-state index in [0.717, 1.165) is 25.0 Å². The standard InChI is InChI=1S/C14H20F2N2O2S/c1-10-6-13(16)14(7-12(10)15)21(19,20)18-5-3-4-11(9-18)8-17-2/h6-7,11,17H,3-5,8-9H2,1-2H3/t11-/m1/s1. The van der Waals surface area contributed by atoms with Crippen LogP contribution in [-0.2, 0) is 10.0 Å². The van der Waals surface area contributed by atoms with E-state index in [1.54, 1.807) is 0 Å². The number of sulfonamides is 1. The molecule has 1 heterocycles. The highest BCUT2D eigenvalue weighted by atomic mass is 32.2. The molecule has 1 aromatic rings. The summed E-state index contributed by atoms with van der Waals surface area (Å²) >= 11 is 0. The van der Waals surface area contributed by atoms with Crippen molar-refractivity contribution in [2.45, 2.75) is 24.7 Å². The van der Waals surface area contributed by atoms with Crippen molar-refractivity contribution in [2.24, 2.45) is 5.92 Å². The van der Waals surface area contributed by atoms with Crippen LogP contribution in [0.25, 0.3) is 0 Å². The van der Waals surface area contributed by atoms with Crippen LogP contribution in [0.4, 0.5) is 8.78 Å². The first kappa shape index (κ1) is 16.3. The van der Waals surface area contributed by atoms with Crippen LogP contribution in [0.5, 0.6) is 0 Å². The van der Waals surface area contributed by atoms with E-state index in [1.165, 1.54) is 11.2 Å². The molecule has 0 aliphatic carbocycles. The highest BCUT2D eigenvalue weighted by molar-refractivity contribution is 7.89. The number of hydrogen-bond donors (Lipinski definition) is 1. The summed E-state index contributed by atoms with van der Waals surface area (Å²) in [7, 11) is -2.18. The molecule has 1 aliphatic heterocycles. The minimum Gasteiger partial charge on any atom is -0.319 e. The summed E-state index contributed by atoms with van der Waals surface area (Å²) in [4.78, 5) is -0.573. The van der Waals surface area contributed by atoms with Gasteiger partial charge in [0.2, 0.25) is 10.0 Å². The normalized spacial score (nSPS) is 20.7. The summed E-state index contributed by atoms with van der Waals surface area (Å²) in [6.45, 7) is 2.78. The van der Waals surface area contributed by atoms with Gasteiger partial charge in [-0.1, -0.05) is 0 Å². The van der Waals surface area contributed by atoms with Gasteiger partial charge in [-0.2, -0.15) is 4.31 Å². The second kappa shape index (κ2) is 6.37. The van der Waals surface area contributed by atoms with E-state index in [4.69, 9.17) is 0 Å². The summed E-state index contributed by atoms with van der Waals surface area (Å²) in [6.07, 6.45) is 1.65. The van der Waals surface area contributed by atoms with Crippen molar-refractivity contribution in [3.8, 4) is 0 Å². The van der Waals surface area contributed by atoms with E-state index < -0.39 is 26.6 Å². The molecule has 0 spiro atoms. The van der Waals surface area contributed by atoms with Crippen LogP contribution in [0.2, 0.25) is 0 Å². The molecule has 0 saturated carbocycles. The first-order valence-corrected chi connectivity index (χ1v) is 8.40. The SMILES string of the molecule is CNC[C@H]1CCCN(S(=O)(=O)c2cc(F)c(C)cc2F)C1. The minimum atomic E-state index is -3.99. The average Bonchev–Trinajstić information content (AvgIpc) is 2.43. The second-order valence-corrected chi connectivity index (χ2v) is 7.37. The van der Waals surface area contributed by atoms with Crippen LogP contribution < -0.4 is 5.32 Å². The third-order valence-electron chi connectivity index (χ3n) is 3.81. The third-order valence-corrected chi connectivity index (χ3v) is 5.69. The van der Waals surface area contributed by atoms with Gasteiger partial charge in [-0.3, -0.25) is 0 Å². The number of halogens is 2. The van der Waals surface area contributed by atoms with Crippen LogP contribution in [0.15, 0.2) is 17.0 Å². The van der Waals surface area contributed by atoms with Crippen molar-refractivity contribution >= 4 is 10.0 Å². The zero-order valence-corrected chi connectivity index (χ0v) is 13.0. The number of benzene rings is 1. The Morgan fingerprint density at radius 1 is 1.33 bits per heavy atom. The molecule has 1 N–H and O–H groups in total. The summed E-state index contributed by atoms with van der Waals surface area (Å²) < 4.78 is 53.8. The van der Waals surface area contributed by atoms with Crippen LogP contribution in [-0.4, -0.2) is 39.4 Å². The Labute approximate surface area is 124 Å². The lowest BCUT2D eigenvalue weighted by Crippen LogP contribution is -2.42. The Hall–Kier alpha value is -1.05. The molecule has 1 atom stereocenters. The Morgan fingerprint density at radius 3 is 2.71 bits per heavy atom. The third kappa shape index (κ3) is 3.41. The molecule has 0 unspecified atom stereocenters. The van der Waals surface area contributed by atoms with Gasteiger partial charge in [-0.15, -0.1) is 0 Å². The lowest BCUT2D eigenvalue weighted by molar-refractivity contribution is 0.262. The van der Waals surface area contributed by atoms with Crippen molar-refractivity contribution in [3.05, 3.63) is 29.3 Å².